The number of benzene rings is 2. The number of nitrogens with zero attached hydrogens (tertiary/aromatic N) is 3. The highest BCUT2D eigenvalue weighted by molar-refractivity contribution is 9.10. The molecule has 0 spiro atoms. The molecule has 0 radical (unpaired) electrons. The monoisotopic (exact) mass is 563 g/mol. The summed E-state index contributed by atoms with van der Waals surface area (Å²) in [7, 11) is 0. The van der Waals surface area contributed by atoms with Crippen LogP contribution >= 0.6 is 43.6 Å². The Bertz CT molecular complexity index is 1100. The number of halogens is 2. The fourth-order valence-electron chi connectivity index (χ4n) is 3.47. The van der Waals surface area contributed by atoms with Crippen LogP contribution in [0, 0.1) is 0 Å². The fourth-order valence-corrected chi connectivity index (χ4v) is 5.26. The molecule has 5 nitrogen and oxygen atoms in total. The molecule has 2 heterocycles. The van der Waals surface area contributed by atoms with Gasteiger partial charge in [-0.2, -0.15) is 4.98 Å². The molecule has 162 valence electrons. The van der Waals surface area contributed by atoms with Gasteiger partial charge < -0.3 is 9.30 Å². The summed E-state index contributed by atoms with van der Waals surface area (Å²) in [5.74, 6) is 0.743. The van der Waals surface area contributed by atoms with Crippen molar-refractivity contribution in [2.24, 2.45) is 0 Å². The van der Waals surface area contributed by atoms with E-state index in [0.29, 0.717) is 26.3 Å². The summed E-state index contributed by atoms with van der Waals surface area (Å²) in [6.45, 7) is 4.35. The van der Waals surface area contributed by atoms with E-state index < -0.39 is 0 Å². The minimum absolute atomic E-state index is 0.145. The maximum atomic E-state index is 12.8. The Morgan fingerprint density at radius 1 is 0.968 bits per heavy atom. The summed E-state index contributed by atoms with van der Waals surface area (Å²) in [6.07, 6.45) is 1.98. The number of ether oxygens (including phenoxy) is 1. The summed E-state index contributed by atoms with van der Waals surface area (Å²) < 4.78 is 9.62. The lowest BCUT2D eigenvalue weighted by molar-refractivity contribution is 0.0339. The van der Waals surface area contributed by atoms with E-state index in [4.69, 9.17) is 4.74 Å². The zero-order chi connectivity index (χ0) is 21.6. The number of rotatable bonds is 7. The van der Waals surface area contributed by atoms with Crippen LogP contribution in [0.3, 0.4) is 0 Å². The van der Waals surface area contributed by atoms with Crippen molar-refractivity contribution < 1.29 is 4.74 Å². The maximum Gasteiger partial charge on any atom is 0.278 e. The molecule has 0 bridgehead atoms. The van der Waals surface area contributed by atoms with Crippen LogP contribution in [0.4, 0.5) is 0 Å². The van der Waals surface area contributed by atoms with Crippen LogP contribution in [0.5, 0.6) is 0 Å². The van der Waals surface area contributed by atoms with Crippen molar-refractivity contribution in [3.63, 3.8) is 0 Å². The largest absolute Gasteiger partial charge is 0.379 e. The molecular formula is C23H23Br2N3O2S. The summed E-state index contributed by atoms with van der Waals surface area (Å²) in [5.41, 5.74) is 2.92. The summed E-state index contributed by atoms with van der Waals surface area (Å²) in [6, 6.07) is 16.4. The third-order valence-electron chi connectivity index (χ3n) is 5.03. The van der Waals surface area contributed by atoms with Crippen LogP contribution in [0.25, 0.3) is 0 Å². The molecule has 0 aliphatic carbocycles. The molecular weight excluding hydrogens is 542 g/mol. The normalized spacial score (nSPS) is 14.6. The molecule has 8 heteroatoms. The van der Waals surface area contributed by atoms with Crippen LogP contribution in [0.15, 0.2) is 73.6 Å². The summed E-state index contributed by atoms with van der Waals surface area (Å²) in [5, 5.41) is 0.732. The number of hydrogen-bond donors (Lipinski definition) is 0. The molecule has 1 aliphatic heterocycles. The van der Waals surface area contributed by atoms with Gasteiger partial charge in [-0.1, -0.05) is 67.9 Å². The number of morpholine rings is 1. The number of thioether (sulfide) groups is 1. The van der Waals surface area contributed by atoms with E-state index in [1.54, 1.807) is 11.8 Å². The van der Waals surface area contributed by atoms with Gasteiger partial charge in [0.05, 0.1) is 13.2 Å². The topological polar surface area (TPSA) is 47.4 Å². The summed E-state index contributed by atoms with van der Waals surface area (Å²) >= 11 is 8.66. The van der Waals surface area contributed by atoms with Crippen molar-refractivity contribution >= 4 is 43.6 Å². The smallest absolute Gasteiger partial charge is 0.278 e. The van der Waals surface area contributed by atoms with Crippen molar-refractivity contribution in [1.82, 2.24) is 14.5 Å². The second-order valence-corrected chi connectivity index (χ2v) is 10.2. The second kappa shape index (κ2) is 10.9. The third-order valence-corrected chi connectivity index (χ3v) is 7.07. The van der Waals surface area contributed by atoms with Gasteiger partial charge in [-0.05, 0) is 35.4 Å². The van der Waals surface area contributed by atoms with Gasteiger partial charge >= 0.3 is 0 Å². The quantitative estimate of drug-likeness (QED) is 0.300. The first-order chi connectivity index (χ1) is 15.1. The van der Waals surface area contributed by atoms with Crippen LogP contribution in [-0.2, 0) is 23.6 Å². The van der Waals surface area contributed by atoms with Gasteiger partial charge in [0.25, 0.3) is 5.56 Å². The molecule has 3 aromatic rings. The average Bonchev–Trinajstić information content (AvgIpc) is 2.76. The molecule has 0 amide bonds. The zero-order valence-electron chi connectivity index (χ0n) is 17.0. The van der Waals surface area contributed by atoms with Gasteiger partial charge in [-0.15, -0.1) is 0 Å². The predicted molar refractivity (Wildman–Crippen MR) is 132 cm³/mol. The molecule has 2 aromatic carbocycles. The van der Waals surface area contributed by atoms with E-state index in [2.05, 4.69) is 70.6 Å². The minimum atomic E-state index is -0.145. The molecule has 0 N–H and O–H groups in total. The SMILES string of the molecule is O=c1nc(SCc2cccc(Br)c2)n(Cc2cccc(Br)c2)cc1CN1CCOCC1. The Kier molecular flexibility index (Phi) is 8.01. The van der Waals surface area contributed by atoms with Crippen molar-refractivity contribution in [1.29, 1.82) is 0 Å². The number of hydrogen-bond acceptors (Lipinski definition) is 5. The maximum absolute atomic E-state index is 12.8. The van der Waals surface area contributed by atoms with Gasteiger partial charge in [0.15, 0.2) is 5.16 Å². The first-order valence-corrected chi connectivity index (χ1v) is 12.7. The van der Waals surface area contributed by atoms with Crippen molar-refractivity contribution in [2.75, 3.05) is 26.3 Å². The molecule has 31 heavy (non-hydrogen) atoms. The van der Waals surface area contributed by atoms with Gasteiger partial charge in [0, 0.05) is 52.6 Å². The van der Waals surface area contributed by atoms with Gasteiger partial charge in [-0.3, -0.25) is 9.69 Å². The van der Waals surface area contributed by atoms with Crippen LogP contribution in [0.1, 0.15) is 16.7 Å². The van der Waals surface area contributed by atoms with E-state index in [1.807, 2.05) is 30.5 Å². The van der Waals surface area contributed by atoms with E-state index in [1.165, 1.54) is 5.56 Å². The van der Waals surface area contributed by atoms with Gasteiger partial charge in [-0.25, -0.2) is 0 Å². The Balaban J connectivity index is 1.61. The average molecular weight is 565 g/mol. The van der Waals surface area contributed by atoms with Crippen molar-refractivity contribution in [2.45, 2.75) is 24.0 Å². The Morgan fingerprint density at radius 3 is 2.35 bits per heavy atom. The minimum Gasteiger partial charge on any atom is -0.379 e. The van der Waals surface area contributed by atoms with E-state index in [-0.39, 0.29) is 5.56 Å². The van der Waals surface area contributed by atoms with E-state index in [9.17, 15) is 4.79 Å². The molecule has 0 atom stereocenters. The zero-order valence-corrected chi connectivity index (χ0v) is 21.0. The highest BCUT2D eigenvalue weighted by atomic mass is 79.9. The molecule has 0 saturated carbocycles. The lowest BCUT2D eigenvalue weighted by Crippen LogP contribution is -2.37. The van der Waals surface area contributed by atoms with Crippen LogP contribution in [0.2, 0.25) is 0 Å². The molecule has 0 unspecified atom stereocenters. The Labute approximate surface area is 203 Å². The van der Waals surface area contributed by atoms with E-state index >= 15 is 0 Å². The number of aromatic nitrogens is 2. The Hall–Kier alpha value is -1.45. The molecule has 1 aromatic heterocycles. The third kappa shape index (κ3) is 6.52. The summed E-state index contributed by atoms with van der Waals surface area (Å²) in [4.78, 5) is 19.6. The van der Waals surface area contributed by atoms with E-state index in [0.717, 1.165) is 44.1 Å². The lowest BCUT2D eigenvalue weighted by Gasteiger charge is -2.26. The van der Waals surface area contributed by atoms with Gasteiger partial charge in [0.2, 0.25) is 0 Å². The standard InChI is InChI=1S/C23H23Br2N3O2S/c24-20-5-1-3-17(11-20)13-28-15-19(14-27-7-9-30-10-8-27)22(29)26-23(28)31-16-18-4-2-6-21(25)12-18/h1-6,11-12,15H,7-10,13-14,16H2. The molecule has 1 saturated heterocycles. The fraction of sp³-hybridized carbons (Fsp3) is 0.304. The van der Waals surface area contributed by atoms with Crippen molar-refractivity contribution in [3.05, 3.63) is 90.7 Å². The predicted octanol–water partition coefficient (Wildman–Crippen LogP) is 4.94. The van der Waals surface area contributed by atoms with Crippen LogP contribution in [-0.4, -0.2) is 40.8 Å². The van der Waals surface area contributed by atoms with Crippen molar-refractivity contribution in [3.8, 4) is 0 Å². The first-order valence-electron chi connectivity index (χ1n) is 10.1. The second-order valence-electron chi connectivity index (χ2n) is 7.42. The highest BCUT2D eigenvalue weighted by Gasteiger charge is 2.16. The highest BCUT2D eigenvalue weighted by Crippen LogP contribution is 2.24. The van der Waals surface area contributed by atoms with Gasteiger partial charge in [0.1, 0.15) is 0 Å². The lowest BCUT2D eigenvalue weighted by atomic mass is 10.2. The molecule has 1 fully saturated rings. The Morgan fingerprint density at radius 2 is 1.65 bits per heavy atom. The van der Waals surface area contributed by atoms with Crippen LogP contribution < -0.4 is 5.56 Å². The molecule has 1 aliphatic rings. The first kappa shape index (κ1) is 22.7. The molecule has 4 rings (SSSR count).